The van der Waals surface area contributed by atoms with Crippen molar-refractivity contribution in [1.29, 1.82) is 0 Å². The van der Waals surface area contributed by atoms with Crippen molar-refractivity contribution >= 4 is 20.9 Å². The SMILES string of the molecule is CCNS(=O)(=O)[C@H]1COc2ccc3cnn(C[C@H](C)N)c3c2O1. The number of fused-ring (bicyclic) bond motifs is 3. The summed E-state index contributed by atoms with van der Waals surface area (Å²) < 4.78 is 39.9. The zero-order valence-electron chi connectivity index (χ0n) is 13.0. The first-order valence-corrected chi connectivity index (χ1v) is 8.99. The Hall–Kier alpha value is -1.84. The van der Waals surface area contributed by atoms with Gasteiger partial charge < -0.3 is 15.2 Å². The van der Waals surface area contributed by atoms with Crippen LogP contribution < -0.4 is 19.9 Å². The number of nitrogens with zero attached hydrogens (tertiary/aromatic N) is 2. The number of nitrogens with one attached hydrogen (secondary N) is 1. The first-order valence-electron chi connectivity index (χ1n) is 7.44. The average molecular weight is 340 g/mol. The number of nitrogens with two attached hydrogens (primary N) is 1. The summed E-state index contributed by atoms with van der Waals surface area (Å²) in [6.07, 6.45) is 1.70. The van der Waals surface area contributed by atoms with Crippen LogP contribution in [0.2, 0.25) is 0 Å². The molecule has 0 fully saturated rings. The second-order valence-corrected chi connectivity index (χ2v) is 7.44. The maximum absolute atomic E-state index is 12.2. The smallest absolute Gasteiger partial charge is 0.253 e. The standard InChI is InChI=1S/C14H20N4O4S/c1-3-17-23(19,20)12-8-21-11-5-4-10-6-16-18(7-9(2)15)13(10)14(11)22-12/h4-6,9,12,17H,3,7-8,15H2,1-2H3/t9-,12-/m0/s1. The highest BCUT2D eigenvalue weighted by atomic mass is 32.2. The number of ether oxygens (including phenoxy) is 2. The van der Waals surface area contributed by atoms with Crippen molar-refractivity contribution in [2.75, 3.05) is 13.2 Å². The minimum atomic E-state index is -3.62. The van der Waals surface area contributed by atoms with Crippen molar-refractivity contribution in [2.24, 2.45) is 5.73 Å². The molecule has 1 aliphatic heterocycles. The Morgan fingerprint density at radius 1 is 1.52 bits per heavy atom. The Morgan fingerprint density at radius 3 is 3.00 bits per heavy atom. The molecule has 3 rings (SSSR count). The van der Waals surface area contributed by atoms with Crippen LogP contribution in [0.5, 0.6) is 11.5 Å². The van der Waals surface area contributed by atoms with Crippen molar-refractivity contribution in [1.82, 2.24) is 14.5 Å². The number of rotatable bonds is 5. The normalized spacial score (nSPS) is 19.0. The predicted octanol–water partition coefficient (Wildman–Crippen LogP) is 0.420. The Labute approximate surface area is 134 Å². The number of aromatic nitrogens is 2. The average Bonchev–Trinajstić information content (AvgIpc) is 2.89. The van der Waals surface area contributed by atoms with Gasteiger partial charge in [-0.2, -0.15) is 5.10 Å². The van der Waals surface area contributed by atoms with Gasteiger partial charge in [-0.25, -0.2) is 13.1 Å². The molecule has 0 unspecified atom stereocenters. The van der Waals surface area contributed by atoms with E-state index in [9.17, 15) is 8.42 Å². The fourth-order valence-corrected chi connectivity index (χ4v) is 3.60. The van der Waals surface area contributed by atoms with Crippen molar-refractivity contribution in [3.8, 4) is 11.5 Å². The molecule has 8 nitrogen and oxygen atoms in total. The first kappa shape index (κ1) is 16.0. The van der Waals surface area contributed by atoms with Gasteiger partial charge in [-0.3, -0.25) is 4.68 Å². The molecule has 23 heavy (non-hydrogen) atoms. The zero-order valence-corrected chi connectivity index (χ0v) is 13.8. The van der Waals surface area contributed by atoms with Crippen molar-refractivity contribution in [2.45, 2.75) is 31.9 Å². The molecule has 0 aliphatic carbocycles. The van der Waals surface area contributed by atoms with Crippen LogP contribution in [0.25, 0.3) is 10.9 Å². The lowest BCUT2D eigenvalue weighted by atomic mass is 10.2. The van der Waals surface area contributed by atoms with E-state index in [4.69, 9.17) is 15.2 Å². The second kappa shape index (κ2) is 5.99. The van der Waals surface area contributed by atoms with E-state index in [1.165, 1.54) is 0 Å². The van der Waals surface area contributed by atoms with Gasteiger partial charge in [-0.15, -0.1) is 0 Å². The van der Waals surface area contributed by atoms with Crippen LogP contribution in [-0.4, -0.2) is 42.8 Å². The summed E-state index contributed by atoms with van der Waals surface area (Å²) >= 11 is 0. The molecule has 0 spiro atoms. The van der Waals surface area contributed by atoms with Crippen LogP contribution in [0.1, 0.15) is 13.8 Å². The summed E-state index contributed by atoms with van der Waals surface area (Å²) in [5.74, 6) is 0.894. The molecule has 1 aromatic heterocycles. The monoisotopic (exact) mass is 340 g/mol. The summed E-state index contributed by atoms with van der Waals surface area (Å²) in [5, 5.41) is 5.15. The van der Waals surface area contributed by atoms with Gasteiger partial charge in [0.15, 0.2) is 11.5 Å². The van der Waals surface area contributed by atoms with Gasteiger partial charge in [0, 0.05) is 18.0 Å². The first-order chi connectivity index (χ1) is 10.9. The van der Waals surface area contributed by atoms with Gasteiger partial charge in [0.25, 0.3) is 10.0 Å². The van der Waals surface area contributed by atoms with Crippen LogP contribution in [0.4, 0.5) is 0 Å². The van der Waals surface area contributed by atoms with E-state index >= 15 is 0 Å². The lowest BCUT2D eigenvalue weighted by Crippen LogP contribution is -2.43. The fourth-order valence-electron chi connectivity index (χ4n) is 2.54. The van der Waals surface area contributed by atoms with Crippen LogP contribution in [0, 0.1) is 0 Å². The van der Waals surface area contributed by atoms with Gasteiger partial charge in [0.2, 0.25) is 5.44 Å². The third kappa shape index (κ3) is 2.99. The molecule has 0 radical (unpaired) electrons. The minimum absolute atomic E-state index is 0.0602. The van der Waals surface area contributed by atoms with E-state index in [2.05, 4.69) is 9.82 Å². The van der Waals surface area contributed by atoms with Crippen LogP contribution in [0.3, 0.4) is 0 Å². The third-order valence-electron chi connectivity index (χ3n) is 3.50. The number of hydrogen-bond acceptors (Lipinski definition) is 6. The molecule has 3 N–H and O–H groups in total. The lowest BCUT2D eigenvalue weighted by Gasteiger charge is -2.27. The Kier molecular flexibility index (Phi) is 4.17. The summed E-state index contributed by atoms with van der Waals surface area (Å²) in [4.78, 5) is 0. The van der Waals surface area contributed by atoms with Gasteiger partial charge in [-0.05, 0) is 19.1 Å². The second-order valence-electron chi connectivity index (χ2n) is 5.54. The van der Waals surface area contributed by atoms with Crippen molar-refractivity contribution < 1.29 is 17.9 Å². The van der Waals surface area contributed by atoms with Gasteiger partial charge in [-0.1, -0.05) is 6.92 Å². The summed E-state index contributed by atoms with van der Waals surface area (Å²) in [6.45, 7) is 4.31. The lowest BCUT2D eigenvalue weighted by molar-refractivity contribution is 0.142. The number of benzene rings is 1. The predicted molar refractivity (Wildman–Crippen MR) is 85.9 cm³/mol. The fraction of sp³-hybridized carbons (Fsp3) is 0.500. The largest absolute Gasteiger partial charge is 0.485 e. The summed E-state index contributed by atoms with van der Waals surface area (Å²) in [6, 6.07) is 3.52. The molecule has 0 bridgehead atoms. The molecular weight excluding hydrogens is 320 g/mol. The summed E-state index contributed by atoms with van der Waals surface area (Å²) in [5.41, 5.74) is 5.44. The Bertz CT molecular complexity index is 816. The highest BCUT2D eigenvalue weighted by Gasteiger charge is 2.34. The molecule has 0 saturated heterocycles. The van der Waals surface area contributed by atoms with Crippen LogP contribution in [0.15, 0.2) is 18.3 Å². The molecule has 126 valence electrons. The third-order valence-corrected chi connectivity index (χ3v) is 5.11. The topological polar surface area (TPSA) is 108 Å². The Morgan fingerprint density at radius 2 is 2.30 bits per heavy atom. The molecule has 0 amide bonds. The molecule has 2 aromatic rings. The molecule has 2 atom stereocenters. The molecular formula is C14H20N4O4S. The molecule has 9 heteroatoms. The van der Waals surface area contributed by atoms with Gasteiger partial charge in [0.05, 0.1) is 12.7 Å². The van der Waals surface area contributed by atoms with E-state index in [0.717, 1.165) is 5.39 Å². The van der Waals surface area contributed by atoms with E-state index in [1.54, 1.807) is 23.9 Å². The number of sulfonamides is 1. The maximum Gasteiger partial charge on any atom is 0.253 e. The Balaban J connectivity index is 2.04. The van der Waals surface area contributed by atoms with E-state index in [1.807, 2.05) is 13.0 Å². The van der Waals surface area contributed by atoms with Gasteiger partial charge >= 0.3 is 0 Å². The highest BCUT2D eigenvalue weighted by molar-refractivity contribution is 7.90. The van der Waals surface area contributed by atoms with E-state index in [0.29, 0.717) is 30.1 Å². The molecule has 0 saturated carbocycles. The minimum Gasteiger partial charge on any atom is -0.485 e. The molecule has 1 aromatic carbocycles. The zero-order chi connectivity index (χ0) is 16.6. The van der Waals surface area contributed by atoms with Crippen LogP contribution >= 0.6 is 0 Å². The summed E-state index contributed by atoms with van der Waals surface area (Å²) in [7, 11) is -3.62. The molecule has 2 heterocycles. The van der Waals surface area contributed by atoms with Crippen molar-refractivity contribution in [3.63, 3.8) is 0 Å². The quantitative estimate of drug-likeness (QED) is 0.816. The van der Waals surface area contributed by atoms with E-state index < -0.39 is 15.5 Å². The van der Waals surface area contributed by atoms with Crippen molar-refractivity contribution in [3.05, 3.63) is 18.3 Å². The van der Waals surface area contributed by atoms with E-state index in [-0.39, 0.29) is 12.6 Å². The van der Waals surface area contributed by atoms with Crippen LogP contribution in [-0.2, 0) is 16.6 Å². The maximum atomic E-state index is 12.2. The molecule has 1 aliphatic rings. The van der Waals surface area contributed by atoms with Gasteiger partial charge in [0.1, 0.15) is 12.1 Å². The highest BCUT2D eigenvalue weighted by Crippen LogP contribution is 2.39. The number of hydrogen-bond donors (Lipinski definition) is 2.